The first-order valence-corrected chi connectivity index (χ1v) is 7.84. The number of piperidine rings is 1. The fourth-order valence-corrected chi connectivity index (χ4v) is 2.73. The second-order valence-corrected chi connectivity index (χ2v) is 5.51. The zero-order chi connectivity index (χ0) is 13.7. The highest BCUT2D eigenvalue weighted by Gasteiger charge is 2.20. The van der Waals surface area contributed by atoms with Crippen molar-refractivity contribution < 1.29 is 4.74 Å². The molecule has 0 radical (unpaired) electrons. The molecule has 2 rings (SSSR count). The van der Waals surface area contributed by atoms with Gasteiger partial charge in [0.05, 0.1) is 0 Å². The number of nitrogens with one attached hydrogen (secondary N) is 1. The Morgan fingerprint density at radius 2 is 2.16 bits per heavy atom. The van der Waals surface area contributed by atoms with Crippen LogP contribution in [-0.2, 0) is 4.74 Å². The van der Waals surface area contributed by atoms with Crippen LogP contribution in [0, 0.1) is 5.92 Å². The van der Waals surface area contributed by atoms with Gasteiger partial charge >= 0.3 is 0 Å². The molecular weight excluding hydrogens is 260 g/mol. The second kappa shape index (κ2) is 6.96. The summed E-state index contributed by atoms with van der Waals surface area (Å²) in [4.78, 5) is 11.3. The molecule has 2 heterocycles. The summed E-state index contributed by atoms with van der Waals surface area (Å²) in [6.45, 7) is 2.96. The average Bonchev–Trinajstić information content (AvgIpc) is 2.47. The van der Waals surface area contributed by atoms with Crippen molar-refractivity contribution in [3.05, 3.63) is 6.07 Å². The van der Waals surface area contributed by atoms with Crippen LogP contribution in [0.4, 0.5) is 11.6 Å². The van der Waals surface area contributed by atoms with Crippen LogP contribution in [0.25, 0.3) is 0 Å². The SMILES string of the molecule is CNc1cc(N2CCC(COC)CC2)nc(SC)n1. The van der Waals surface area contributed by atoms with Gasteiger partial charge in [0.1, 0.15) is 11.6 Å². The van der Waals surface area contributed by atoms with Gasteiger partial charge in [0, 0.05) is 39.9 Å². The van der Waals surface area contributed by atoms with Crippen molar-refractivity contribution in [2.75, 3.05) is 50.3 Å². The molecule has 0 atom stereocenters. The molecule has 19 heavy (non-hydrogen) atoms. The zero-order valence-electron chi connectivity index (χ0n) is 11.8. The molecule has 106 valence electrons. The van der Waals surface area contributed by atoms with Crippen LogP contribution in [0.3, 0.4) is 0 Å². The molecule has 0 aromatic carbocycles. The Hall–Kier alpha value is -1.01. The van der Waals surface area contributed by atoms with Gasteiger partial charge in [-0.1, -0.05) is 11.8 Å². The summed E-state index contributed by atoms with van der Waals surface area (Å²) in [6.07, 6.45) is 4.34. The lowest BCUT2D eigenvalue weighted by molar-refractivity contribution is 0.139. The standard InChI is InChI=1S/C13H22N4OS/c1-14-11-8-12(16-13(15-11)19-3)17-6-4-10(5-7-17)9-18-2/h8,10H,4-7,9H2,1-3H3,(H,14,15,16). The van der Waals surface area contributed by atoms with Crippen LogP contribution in [-0.4, -0.2) is 50.1 Å². The van der Waals surface area contributed by atoms with Crippen molar-refractivity contribution in [1.82, 2.24) is 9.97 Å². The van der Waals surface area contributed by atoms with Crippen molar-refractivity contribution in [2.45, 2.75) is 18.0 Å². The fraction of sp³-hybridized carbons (Fsp3) is 0.692. The number of methoxy groups -OCH3 is 1. The van der Waals surface area contributed by atoms with Crippen LogP contribution >= 0.6 is 11.8 Å². The van der Waals surface area contributed by atoms with Crippen molar-refractivity contribution >= 4 is 23.4 Å². The van der Waals surface area contributed by atoms with E-state index in [2.05, 4.69) is 20.2 Å². The quantitative estimate of drug-likeness (QED) is 0.659. The molecule has 5 nitrogen and oxygen atoms in total. The summed E-state index contributed by atoms with van der Waals surface area (Å²) in [5.41, 5.74) is 0. The summed E-state index contributed by atoms with van der Waals surface area (Å²) in [5, 5.41) is 3.92. The molecule has 1 aromatic rings. The lowest BCUT2D eigenvalue weighted by atomic mass is 9.98. The first-order chi connectivity index (χ1) is 9.26. The van der Waals surface area contributed by atoms with E-state index in [-0.39, 0.29) is 0 Å². The molecule has 1 fully saturated rings. The van der Waals surface area contributed by atoms with E-state index in [0.29, 0.717) is 5.92 Å². The first-order valence-electron chi connectivity index (χ1n) is 6.61. The molecule has 0 saturated carbocycles. The topological polar surface area (TPSA) is 50.3 Å². The number of ether oxygens (including phenoxy) is 1. The summed E-state index contributed by atoms with van der Waals surface area (Å²) in [5.74, 6) is 2.60. The highest BCUT2D eigenvalue weighted by molar-refractivity contribution is 7.98. The molecule has 0 bridgehead atoms. The van der Waals surface area contributed by atoms with Gasteiger partial charge in [-0.3, -0.25) is 0 Å². The molecule has 1 N–H and O–H groups in total. The predicted octanol–water partition coefficient (Wildman–Crippen LogP) is 2.10. The van der Waals surface area contributed by atoms with Gasteiger partial charge in [-0.25, -0.2) is 9.97 Å². The average molecular weight is 282 g/mol. The lowest BCUT2D eigenvalue weighted by Crippen LogP contribution is -2.35. The number of hydrogen-bond donors (Lipinski definition) is 1. The maximum atomic E-state index is 5.24. The van der Waals surface area contributed by atoms with E-state index >= 15 is 0 Å². The number of hydrogen-bond acceptors (Lipinski definition) is 6. The van der Waals surface area contributed by atoms with Gasteiger partial charge in [-0.2, -0.15) is 0 Å². The minimum Gasteiger partial charge on any atom is -0.384 e. The van der Waals surface area contributed by atoms with E-state index in [1.807, 2.05) is 19.4 Å². The van der Waals surface area contributed by atoms with Crippen molar-refractivity contribution in [3.8, 4) is 0 Å². The Balaban J connectivity index is 2.06. The third-order valence-corrected chi connectivity index (χ3v) is 4.02. The smallest absolute Gasteiger partial charge is 0.191 e. The maximum absolute atomic E-state index is 5.24. The van der Waals surface area contributed by atoms with Crippen LogP contribution in [0.15, 0.2) is 11.2 Å². The van der Waals surface area contributed by atoms with E-state index in [1.165, 1.54) is 12.8 Å². The normalized spacial score (nSPS) is 16.7. The molecule has 0 aliphatic carbocycles. The third kappa shape index (κ3) is 3.73. The van der Waals surface area contributed by atoms with Gasteiger partial charge < -0.3 is 15.0 Å². The van der Waals surface area contributed by atoms with Gasteiger partial charge in [0.15, 0.2) is 5.16 Å². The largest absolute Gasteiger partial charge is 0.384 e. The number of aromatic nitrogens is 2. The highest BCUT2D eigenvalue weighted by Crippen LogP contribution is 2.25. The number of thioether (sulfide) groups is 1. The summed E-state index contributed by atoms with van der Waals surface area (Å²) in [6, 6.07) is 2.02. The molecular formula is C13H22N4OS. The highest BCUT2D eigenvalue weighted by atomic mass is 32.2. The summed E-state index contributed by atoms with van der Waals surface area (Å²) < 4.78 is 5.24. The number of nitrogens with zero attached hydrogens (tertiary/aromatic N) is 3. The van der Waals surface area contributed by atoms with Crippen LogP contribution < -0.4 is 10.2 Å². The van der Waals surface area contributed by atoms with Crippen molar-refractivity contribution in [3.63, 3.8) is 0 Å². The first kappa shape index (κ1) is 14.4. The van der Waals surface area contributed by atoms with Crippen LogP contribution in [0.5, 0.6) is 0 Å². The molecule has 0 spiro atoms. The van der Waals surface area contributed by atoms with Gasteiger partial charge in [-0.15, -0.1) is 0 Å². The van der Waals surface area contributed by atoms with E-state index in [0.717, 1.165) is 36.5 Å². The Morgan fingerprint density at radius 3 is 2.74 bits per heavy atom. The van der Waals surface area contributed by atoms with Crippen LogP contribution in [0.1, 0.15) is 12.8 Å². The summed E-state index contributed by atoms with van der Waals surface area (Å²) >= 11 is 1.58. The molecule has 0 amide bonds. The van der Waals surface area contributed by atoms with E-state index in [4.69, 9.17) is 4.74 Å². The monoisotopic (exact) mass is 282 g/mol. The second-order valence-electron chi connectivity index (χ2n) is 4.73. The van der Waals surface area contributed by atoms with Crippen LogP contribution in [0.2, 0.25) is 0 Å². The van der Waals surface area contributed by atoms with Gasteiger partial charge in [0.25, 0.3) is 0 Å². The lowest BCUT2D eigenvalue weighted by Gasteiger charge is -2.32. The van der Waals surface area contributed by atoms with Crippen molar-refractivity contribution in [2.24, 2.45) is 5.92 Å². The zero-order valence-corrected chi connectivity index (χ0v) is 12.7. The van der Waals surface area contributed by atoms with E-state index in [1.54, 1.807) is 18.9 Å². The number of anilines is 2. The molecule has 1 aliphatic rings. The molecule has 0 unspecified atom stereocenters. The van der Waals surface area contributed by atoms with Gasteiger partial charge in [0.2, 0.25) is 0 Å². The third-order valence-electron chi connectivity index (χ3n) is 3.47. The predicted molar refractivity (Wildman–Crippen MR) is 80.2 cm³/mol. The summed E-state index contributed by atoms with van der Waals surface area (Å²) in [7, 11) is 3.67. The minimum absolute atomic E-state index is 0.687. The Bertz CT molecular complexity index is 385. The van der Waals surface area contributed by atoms with E-state index in [9.17, 15) is 0 Å². The molecule has 1 saturated heterocycles. The molecule has 1 aromatic heterocycles. The molecule has 1 aliphatic heterocycles. The minimum atomic E-state index is 0.687. The Labute approximate surface area is 119 Å². The van der Waals surface area contributed by atoms with Gasteiger partial charge in [-0.05, 0) is 25.0 Å². The molecule has 6 heteroatoms. The fourth-order valence-electron chi connectivity index (χ4n) is 2.36. The number of rotatable bonds is 5. The Kier molecular flexibility index (Phi) is 5.27. The van der Waals surface area contributed by atoms with Crippen molar-refractivity contribution in [1.29, 1.82) is 0 Å². The van der Waals surface area contributed by atoms with E-state index < -0.39 is 0 Å². The maximum Gasteiger partial charge on any atom is 0.191 e. The Morgan fingerprint density at radius 1 is 1.42 bits per heavy atom.